The predicted molar refractivity (Wildman–Crippen MR) is 64.7 cm³/mol. The number of hydrogen-bond donors (Lipinski definition) is 1. The second-order valence-electron chi connectivity index (χ2n) is 4.20. The van der Waals surface area contributed by atoms with Gasteiger partial charge in [0.2, 0.25) is 0 Å². The van der Waals surface area contributed by atoms with Gasteiger partial charge in [0.15, 0.2) is 0 Å². The van der Waals surface area contributed by atoms with E-state index in [4.69, 9.17) is 4.74 Å². The predicted octanol–water partition coefficient (Wildman–Crippen LogP) is 3.83. The van der Waals surface area contributed by atoms with Gasteiger partial charge in [-0.05, 0) is 32.0 Å². The third kappa shape index (κ3) is 4.70. The first-order chi connectivity index (χ1) is 8.89. The van der Waals surface area contributed by atoms with Gasteiger partial charge in [-0.3, -0.25) is 0 Å². The van der Waals surface area contributed by atoms with Gasteiger partial charge in [0.05, 0.1) is 7.11 Å². The highest BCUT2D eigenvalue weighted by molar-refractivity contribution is 5.37. The molecule has 1 aromatic rings. The van der Waals surface area contributed by atoms with Crippen molar-refractivity contribution in [1.29, 1.82) is 0 Å². The van der Waals surface area contributed by atoms with Crippen LogP contribution in [0.2, 0.25) is 0 Å². The topological polar surface area (TPSA) is 21.3 Å². The van der Waals surface area contributed by atoms with Crippen molar-refractivity contribution in [3.05, 3.63) is 29.6 Å². The lowest BCUT2D eigenvalue weighted by Gasteiger charge is -2.20. The van der Waals surface area contributed by atoms with Crippen LogP contribution in [0.4, 0.5) is 17.6 Å². The van der Waals surface area contributed by atoms with Crippen molar-refractivity contribution in [2.45, 2.75) is 31.5 Å². The molecule has 19 heavy (non-hydrogen) atoms. The van der Waals surface area contributed by atoms with Gasteiger partial charge in [0.1, 0.15) is 11.6 Å². The molecule has 6 heteroatoms. The maximum atomic E-state index is 13.8. The molecule has 0 spiro atoms. The second-order valence-corrected chi connectivity index (χ2v) is 4.20. The molecule has 0 amide bonds. The first-order valence-corrected chi connectivity index (χ1v) is 5.95. The molecule has 0 bridgehead atoms. The van der Waals surface area contributed by atoms with Crippen LogP contribution in [0, 0.1) is 5.82 Å². The van der Waals surface area contributed by atoms with Crippen LogP contribution in [0.15, 0.2) is 18.2 Å². The van der Waals surface area contributed by atoms with E-state index in [0.29, 0.717) is 5.75 Å². The molecule has 0 aromatic heterocycles. The van der Waals surface area contributed by atoms with Crippen LogP contribution in [-0.2, 0) is 0 Å². The molecule has 1 atom stereocenters. The van der Waals surface area contributed by atoms with Crippen LogP contribution in [0.3, 0.4) is 0 Å². The van der Waals surface area contributed by atoms with Gasteiger partial charge in [0.25, 0.3) is 0 Å². The Hall–Kier alpha value is -1.30. The van der Waals surface area contributed by atoms with Crippen molar-refractivity contribution in [2.24, 2.45) is 0 Å². The Labute approximate surface area is 109 Å². The summed E-state index contributed by atoms with van der Waals surface area (Å²) >= 11 is 0. The number of alkyl halides is 3. The van der Waals surface area contributed by atoms with Gasteiger partial charge in [0, 0.05) is 18.0 Å². The lowest BCUT2D eigenvalue weighted by molar-refractivity contribution is -0.135. The summed E-state index contributed by atoms with van der Waals surface area (Å²) in [7, 11) is 2.99. The van der Waals surface area contributed by atoms with Gasteiger partial charge < -0.3 is 10.1 Å². The Bertz CT molecular complexity index is 406. The molecule has 1 rings (SSSR count). The van der Waals surface area contributed by atoms with Gasteiger partial charge in [-0.1, -0.05) is 6.07 Å². The van der Waals surface area contributed by atoms with Crippen LogP contribution < -0.4 is 10.1 Å². The molecule has 0 aliphatic carbocycles. The first kappa shape index (κ1) is 15.8. The second kappa shape index (κ2) is 6.75. The van der Waals surface area contributed by atoms with Crippen molar-refractivity contribution in [2.75, 3.05) is 14.2 Å². The number of halogens is 4. The molecule has 1 aromatic carbocycles. The summed E-state index contributed by atoms with van der Waals surface area (Å²) in [6, 6.07) is 3.86. The Morgan fingerprint density at radius 2 is 2.00 bits per heavy atom. The largest absolute Gasteiger partial charge is 0.496 e. The fourth-order valence-corrected chi connectivity index (χ4v) is 1.97. The zero-order valence-corrected chi connectivity index (χ0v) is 10.9. The van der Waals surface area contributed by atoms with E-state index in [1.807, 2.05) is 0 Å². The SMILES string of the molecule is CNC(CCCC(F)(F)F)c1c(F)cccc1OC. The minimum absolute atomic E-state index is 0.0630. The molecule has 0 aliphatic rings. The number of ether oxygens (including phenoxy) is 1. The number of methoxy groups -OCH3 is 1. The minimum atomic E-state index is -4.18. The number of benzene rings is 1. The summed E-state index contributed by atoms with van der Waals surface area (Å²) in [5.41, 5.74) is 0.273. The maximum Gasteiger partial charge on any atom is 0.389 e. The highest BCUT2D eigenvalue weighted by atomic mass is 19.4. The Morgan fingerprint density at radius 3 is 2.53 bits per heavy atom. The zero-order valence-electron chi connectivity index (χ0n) is 10.9. The summed E-state index contributed by atoms with van der Waals surface area (Å²) in [5.74, 6) is -0.142. The Balaban J connectivity index is 2.80. The van der Waals surface area contributed by atoms with Crippen molar-refractivity contribution < 1.29 is 22.3 Å². The van der Waals surface area contributed by atoms with Gasteiger partial charge in [-0.2, -0.15) is 13.2 Å². The average molecular weight is 279 g/mol. The molecule has 0 saturated heterocycles. The standard InChI is InChI=1S/C13H17F4NO/c1-18-10(6-4-8-13(15,16)17)12-9(14)5-3-7-11(12)19-2/h3,5,7,10,18H,4,6,8H2,1-2H3. The molecule has 0 heterocycles. The van der Waals surface area contributed by atoms with Crippen LogP contribution >= 0.6 is 0 Å². The highest BCUT2D eigenvalue weighted by Crippen LogP contribution is 2.32. The smallest absolute Gasteiger partial charge is 0.389 e. The lowest BCUT2D eigenvalue weighted by Crippen LogP contribution is -2.19. The molecule has 1 N–H and O–H groups in total. The number of rotatable bonds is 6. The highest BCUT2D eigenvalue weighted by Gasteiger charge is 2.27. The van der Waals surface area contributed by atoms with Crippen molar-refractivity contribution in [3.63, 3.8) is 0 Å². The summed E-state index contributed by atoms with van der Waals surface area (Å²) in [5, 5.41) is 2.83. The molecule has 108 valence electrons. The molecule has 0 radical (unpaired) electrons. The number of hydrogen-bond acceptors (Lipinski definition) is 2. The summed E-state index contributed by atoms with van der Waals surface area (Å²) in [6.45, 7) is 0. The van der Waals surface area contributed by atoms with E-state index in [-0.39, 0.29) is 18.4 Å². The van der Waals surface area contributed by atoms with E-state index >= 15 is 0 Å². The monoisotopic (exact) mass is 279 g/mol. The summed E-state index contributed by atoms with van der Waals surface area (Å²) in [6.07, 6.45) is -4.93. The van der Waals surface area contributed by atoms with Crippen LogP contribution in [0.25, 0.3) is 0 Å². The fraction of sp³-hybridized carbons (Fsp3) is 0.538. The number of nitrogens with one attached hydrogen (secondary N) is 1. The minimum Gasteiger partial charge on any atom is -0.496 e. The maximum absolute atomic E-state index is 13.8. The first-order valence-electron chi connectivity index (χ1n) is 5.95. The Morgan fingerprint density at radius 1 is 1.32 bits per heavy atom. The van der Waals surface area contributed by atoms with E-state index in [1.165, 1.54) is 19.2 Å². The third-order valence-electron chi connectivity index (χ3n) is 2.88. The summed E-state index contributed by atoms with van der Waals surface area (Å²) < 4.78 is 55.2. The van der Waals surface area contributed by atoms with E-state index in [1.54, 1.807) is 13.1 Å². The van der Waals surface area contributed by atoms with Crippen molar-refractivity contribution >= 4 is 0 Å². The van der Waals surface area contributed by atoms with Gasteiger partial charge in [-0.15, -0.1) is 0 Å². The van der Waals surface area contributed by atoms with Crippen LogP contribution in [-0.4, -0.2) is 20.3 Å². The quantitative estimate of drug-likeness (QED) is 0.799. The Kier molecular flexibility index (Phi) is 5.60. The third-order valence-corrected chi connectivity index (χ3v) is 2.88. The van der Waals surface area contributed by atoms with E-state index in [0.717, 1.165) is 0 Å². The molecule has 0 aliphatic heterocycles. The summed E-state index contributed by atoms with van der Waals surface area (Å²) in [4.78, 5) is 0. The van der Waals surface area contributed by atoms with Crippen LogP contribution in [0.5, 0.6) is 5.75 Å². The van der Waals surface area contributed by atoms with E-state index < -0.39 is 24.5 Å². The van der Waals surface area contributed by atoms with Gasteiger partial charge in [-0.25, -0.2) is 4.39 Å². The zero-order chi connectivity index (χ0) is 14.5. The lowest BCUT2D eigenvalue weighted by atomic mass is 9.99. The molecular formula is C13H17F4NO. The normalized spacial score (nSPS) is 13.4. The van der Waals surface area contributed by atoms with Gasteiger partial charge >= 0.3 is 6.18 Å². The fourth-order valence-electron chi connectivity index (χ4n) is 1.97. The molecule has 0 saturated carbocycles. The van der Waals surface area contributed by atoms with E-state index in [2.05, 4.69) is 5.32 Å². The molecule has 1 unspecified atom stereocenters. The molecule has 2 nitrogen and oxygen atoms in total. The van der Waals surface area contributed by atoms with Crippen molar-refractivity contribution in [3.8, 4) is 5.75 Å². The average Bonchev–Trinajstić information content (AvgIpc) is 2.34. The van der Waals surface area contributed by atoms with Crippen molar-refractivity contribution in [1.82, 2.24) is 5.32 Å². The molecular weight excluding hydrogens is 262 g/mol. The molecule has 0 fully saturated rings. The van der Waals surface area contributed by atoms with E-state index in [9.17, 15) is 17.6 Å². The van der Waals surface area contributed by atoms with Crippen LogP contribution in [0.1, 0.15) is 30.9 Å².